The van der Waals surface area contributed by atoms with Crippen molar-refractivity contribution in [1.29, 1.82) is 0 Å². The minimum atomic E-state index is -0.0390. The number of amides is 2. The van der Waals surface area contributed by atoms with E-state index in [-0.39, 0.29) is 26.5 Å². The average molecular weight is 504 g/mol. The summed E-state index contributed by atoms with van der Waals surface area (Å²) < 4.78 is 10.6. The number of benzene rings is 1. The highest BCUT2D eigenvalue weighted by molar-refractivity contribution is 5.95. The zero-order valence-corrected chi connectivity index (χ0v) is 22.6. The van der Waals surface area contributed by atoms with Crippen molar-refractivity contribution in [2.45, 2.75) is 58.4 Å². The number of nitrogens with one attached hydrogen (secondary N) is 2. The number of methoxy groups -OCH3 is 2. The Labute approximate surface area is 220 Å². The second-order valence-corrected chi connectivity index (χ2v) is 10.6. The summed E-state index contributed by atoms with van der Waals surface area (Å²) in [5.74, 6) is 1.76. The van der Waals surface area contributed by atoms with Crippen LogP contribution in [0.1, 0.15) is 71.1 Å². The van der Waals surface area contributed by atoms with Crippen molar-refractivity contribution < 1.29 is 21.9 Å². The van der Waals surface area contributed by atoms with Gasteiger partial charge in [0, 0.05) is 53.4 Å². The molecular weight excluding hydrogens is 454 g/mol. The molecule has 204 valence electrons. The first-order valence-corrected chi connectivity index (χ1v) is 13.6. The first kappa shape index (κ1) is 28.2. The van der Waals surface area contributed by atoms with Crippen LogP contribution in [0.25, 0.3) is 6.08 Å². The molecule has 0 bridgehead atoms. The molecule has 2 N–H and O–H groups in total. The van der Waals surface area contributed by atoms with Gasteiger partial charge in [0.25, 0.3) is 5.91 Å². The van der Waals surface area contributed by atoms with Crippen LogP contribution in [0.3, 0.4) is 0 Å². The predicted molar refractivity (Wildman–Crippen MR) is 148 cm³/mol. The summed E-state index contributed by atoms with van der Waals surface area (Å²) in [6.45, 7) is 8.01. The third-order valence-corrected chi connectivity index (χ3v) is 7.03. The molecule has 7 heteroatoms. The monoisotopic (exact) mass is 503 g/mol. The smallest absolute Gasteiger partial charge is 0.254 e. The lowest BCUT2D eigenvalue weighted by molar-refractivity contribution is -0.126. The van der Waals surface area contributed by atoms with Gasteiger partial charge in [-0.1, -0.05) is 26.0 Å². The fourth-order valence-corrected chi connectivity index (χ4v) is 4.78. The van der Waals surface area contributed by atoms with Crippen molar-refractivity contribution in [2.75, 3.05) is 47.0 Å². The highest BCUT2D eigenvalue weighted by Crippen LogP contribution is 2.32. The summed E-state index contributed by atoms with van der Waals surface area (Å²) in [6, 6.07) is 5.98. The van der Waals surface area contributed by atoms with Gasteiger partial charge in [-0.25, -0.2) is 0 Å². The Kier molecular flexibility index (Phi) is 11.3. The van der Waals surface area contributed by atoms with Crippen LogP contribution >= 0.6 is 0 Å². The number of unbranched alkanes of at least 4 members (excludes halogenated alkanes) is 1. The molecule has 2 aliphatic rings. The van der Waals surface area contributed by atoms with Crippen LogP contribution < -0.4 is 15.4 Å². The number of allylic oxidation sites excluding steroid dienone is 1. The number of nitrogens with zero attached hydrogens (tertiary/aromatic N) is 1. The van der Waals surface area contributed by atoms with E-state index >= 15 is 0 Å². The molecule has 1 aromatic carbocycles. The molecule has 0 spiro atoms. The summed E-state index contributed by atoms with van der Waals surface area (Å²) in [5.41, 5.74) is 1.60. The molecule has 0 aromatic heterocycles. The summed E-state index contributed by atoms with van der Waals surface area (Å²) in [6.07, 6.45) is 9.89. The Morgan fingerprint density at radius 2 is 2.06 bits per heavy atom. The molecule has 0 unspecified atom stereocenters. The molecule has 2 amide bonds. The molecule has 3 rings (SSSR count). The summed E-state index contributed by atoms with van der Waals surface area (Å²) in [7, 11) is 3.36. The number of rotatable bonds is 14. The van der Waals surface area contributed by atoms with E-state index in [1.165, 1.54) is 0 Å². The van der Waals surface area contributed by atoms with E-state index in [0.717, 1.165) is 69.5 Å². The third-order valence-electron chi connectivity index (χ3n) is 7.03. The first-order chi connectivity index (χ1) is 17.4. The molecule has 1 aromatic rings. The van der Waals surface area contributed by atoms with Gasteiger partial charge in [0.15, 0.2) is 0 Å². The van der Waals surface area contributed by atoms with Gasteiger partial charge >= 0.3 is 0 Å². The van der Waals surface area contributed by atoms with Crippen LogP contribution in [0.2, 0.25) is 0 Å². The summed E-state index contributed by atoms with van der Waals surface area (Å²) >= 11 is 0. The molecule has 1 aliphatic carbocycles. The summed E-state index contributed by atoms with van der Waals surface area (Å²) in [5, 5.41) is 6.54. The fourth-order valence-electron chi connectivity index (χ4n) is 4.78. The number of carbonyl (C=O) groups excluding carboxylic acids is 2. The van der Waals surface area contributed by atoms with E-state index < -0.39 is 0 Å². The molecule has 36 heavy (non-hydrogen) atoms. The molecular formula is C29H49N3O4. The maximum Gasteiger partial charge on any atom is 0.254 e. The fraction of sp³-hybridized carbons (Fsp3) is 0.655. The average Bonchev–Trinajstić information content (AvgIpc) is 3.72. The first-order valence-electron chi connectivity index (χ1n) is 13.6. The number of hydrogen-bond acceptors (Lipinski definition) is 5. The van der Waals surface area contributed by atoms with Gasteiger partial charge in [-0.15, -0.1) is 0 Å². The number of carbonyl (C=O) groups is 2. The largest absolute Gasteiger partial charge is 0.496 e. The Morgan fingerprint density at radius 3 is 2.75 bits per heavy atom. The Balaban J connectivity index is 0.00000361. The number of ether oxygens (including phenoxy) is 2. The van der Waals surface area contributed by atoms with Crippen LogP contribution in [0, 0.1) is 17.8 Å². The zero-order chi connectivity index (χ0) is 25.9. The molecule has 1 saturated heterocycles. The molecule has 1 saturated carbocycles. The SMILES string of the molecule is COCCC/C=C\c1cc(C(=O)N(C[C@@H]2CNC[C@@H](C(=O)NCCC(C)C)C2)C2CC2)ccc1OC.[HH].[HH]. The van der Waals surface area contributed by atoms with Crippen molar-refractivity contribution in [1.82, 2.24) is 15.5 Å². The standard InChI is InChI=1S/C29H45N3O4.2H2/c1-21(2)13-14-31-28(33)25-16-22(18-30-19-25)20-32(26-10-11-26)29(34)24-9-12-27(36-4)23(17-24)8-6-5-7-15-35-3;;/h6,8-9,12,17,21-22,25-26,30H,5,7,10-11,13-16,18-20H2,1-4H3,(H,31,33);2*1H/b8-6-;;/t22-,25-;;/m0../s1. The van der Waals surface area contributed by atoms with Gasteiger partial charge in [-0.3, -0.25) is 9.59 Å². The van der Waals surface area contributed by atoms with Gasteiger partial charge in [0.2, 0.25) is 5.91 Å². The molecule has 2 atom stereocenters. The zero-order valence-electron chi connectivity index (χ0n) is 22.6. The lowest BCUT2D eigenvalue weighted by Gasteiger charge is -2.33. The quantitative estimate of drug-likeness (QED) is 0.362. The Hall–Kier alpha value is -2.38. The normalized spacial score (nSPS) is 20.0. The lowest BCUT2D eigenvalue weighted by Crippen LogP contribution is -2.48. The molecule has 2 fully saturated rings. The minimum Gasteiger partial charge on any atom is -0.496 e. The number of piperidine rings is 1. The van der Waals surface area contributed by atoms with Crippen molar-refractivity contribution >= 4 is 17.9 Å². The van der Waals surface area contributed by atoms with Gasteiger partial charge in [-0.05, 0) is 75.1 Å². The van der Waals surface area contributed by atoms with Gasteiger partial charge in [0.05, 0.1) is 13.0 Å². The topological polar surface area (TPSA) is 79.9 Å². The molecule has 0 radical (unpaired) electrons. The van der Waals surface area contributed by atoms with Crippen molar-refractivity contribution in [3.05, 3.63) is 35.4 Å². The van der Waals surface area contributed by atoms with E-state index in [9.17, 15) is 9.59 Å². The van der Waals surface area contributed by atoms with Crippen LogP contribution in [0.4, 0.5) is 0 Å². The van der Waals surface area contributed by atoms with Crippen molar-refractivity contribution in [3.63, 3.8) is 0 Å². The van der Waals surface area contributed by atoms with Crippen LogP contribution in [0.15, 0.2) is 24.3 Å². The Morgan fingerprint density at radius 1 is 1.25 bits per heavy atom. The summed E-state index contributed by atoms with van der Waals surface area (Å²) in [4.78, 5) is 28.4. The van der Waals surface area contributed by atoms with E-state index in [4.69, 9.17) is 9.47 Å². The third kappa shape index (κ3) is 8.63. The maximum absolute atomic E-state index is 13.6. The van der Waals surface area contributed by atoms with E-state index in [1.54, 1.807) is 14.2 Å². The van der Waals surface area contributed by atoms with Crippen molar-refractivity contribution in [2.24, 2.45) is 17.8 Å². The minimum absolute atomic E-state index is 0. The van der Waals surface area contributed by atoms with E-state index in [2.05, 4.69) is 30.6 Å². The highest BCUT2D eigenvalue weighted by atomic mass is 16.5. The van der Waals surface area contributed by atoms with Gasteiger partial charge in [0.1, 0.15) is 5.75 Å². The second-order valence-electron chi connectivity index (χ2n) is 10.6. The van der Waals surface area contributed by atoms with Gasteiger partial charge in [-0.2, -0.15) is 0 Å². The van der Waals surface area contributed by atoms with Crippen LogP contribution in [-0.2, 0) is 9.53 Å². The van der Waals surface area contributed by atoms with Crippen molar-refractivity contribution in [3.8, 4) is 5.75 Å². The Bertz CT molecular complexity index is 893. The van der Waals surface area contributed by atoms with Crippen LogP contribution in [-0.4, -0.2) is 69.8 Å². The predicted octanol–water partition coefficient (Wildman–Crippen LogP) is 4.62. The van der Waals surface area contributed by atoms with Gasteiger partial charge < -0.3 is 25.0 Å². The molecule has 1 aliphatic heterocycles. The molecule has 7 nitrogen and oxygen atoms in total. The highest BCUT2D eigenvalue weighted by Gasteiger charge is 2.36. The lowest BCUT2D eigenvalue weighted by atomic mass is 9.89. The van der Waals surface area contributed by atoms with E-state index in [0.29, 0.717) is 30.6 Å². The molecule has 1 heterocycles. The van der Waals surface area contributed by atoms with Crippen LogP contribution in [0.5, 0.6) is 5.75 Å². The number of hydrogen-bond donors (Lipinski definition) is 2. The van der Waals surface area contributed by atoms with E-state index in [1.807, 2.05) is 29.2 Å². The second kappa shape index (κ2) is 14.4. The maximum atomic E-state index is 13.6.